The minimum Gasteiger partial charge on any atom is -0.493 e. The van der Waals surface area contributed by atoms with Gasteiger partial charge in [0.25, 0.3) is 0 Å². The first-order valence-corrected chi connectivity index (χ1v) is 11.2. The summed E-state index contributed by atoms with van der Waals surface area (Å²) in [5, 5.41) is 3.20. The monoisotopic (exact) mass is 476 g/mol. The standard InChI is InChI=1S/C23H25ClN2O5S/c1-4-29-18-13-20(31-6-3)19(30-5-2)12-14(18)11-17-21(27)25-23(32)26(22(17)28)16-9-7-15(24)8-10-16/h7-10,12-13,17H,4-6,11H2,1-3H3,(H,25,27,32). The number of nitrogens with one attached hydrogen (secondary N) is 1. The maximum Gasteiger partial charge on any atom is 0.246 e. The predicted octanol–water partition coefficient (Wildman–Crippen LogP) is 4.14. The van der Waals surface area contributed by atoms with Gasteiger partial charge in [0, 0.05) is 11.1 Å². The van der Waals surface area contributed by atoms with Crippen molar-refractivity contribution in [2.45, 2.75) is 27.2 Å². The van der Waals surface area contributed by atoms with Crippen molar-refractivity contribution in [3.63, 3.8) is 0 Å². The van der Waals surface area contributed by atoms with E-state index in [4.69, 9.17) is 38.0 Å². The Labute approximate surface area is 197 Å². The van der Waals surface area contributed by atoms with Crippen molar-refractivity contribution in [3.8, 4) is 17.2 Å². The number of hydrogen-bond donors (Lipinski definition) is 1. The zero-order valence-electron chi connectivity index (χ0n) is 18.1. The third-order valence-electron chi connectivity index (χ3n) is 4.80. The van der Waals surface area contributed by atoms with Gasteiger partial charge in [0.1, 0.15) is 11.7 Å². The number of ether oxygens (including phenoxy) is 3. The molecule has 1 N–H and O–H groups in total. The van der Waals surface area contributed by atoms with Crippen LogP contribution >= 0.6 is 23.8 Å². The van der Waals surface area contributed by atoms with Crippen molar-refractivity contribution in [1.82, 2.24) is 5.32 Å². The van der Waals surface area contributed by atoms with Gasteiger partial charge in [0.05, 0.1) is 25.5 Å². The van der Waals surface area contributed by atoms with Crippen LogP contribution in [0.2, 0.25) is 5.02 Å². The molecule has 1 heterocycles. The normalized spacial score (nSPS) is 16.1. The number of thiocarbonyl (C=S) groups is 1. The number of anilines is 1. The fraction of sp³-hybridized carbons (Fsp3) is 0.348. The first-order valence-electron chi connectivity index (χ1n) is 10.4. The summed E-state index contributed by atoms with van der Waals surface area (Å²) in [6.07, 6.45) is 0.110. The number of amides is 2. The van der Waals surface area contributed by atoms with E-state index in [1.165, 1.54) is 4.90 Å². The molecule has 1 fully saturated rings. The van der Waals surface area contributed by atoms with Gasteiger partial charge in [-0.05, 0) is 75.3 Å². The number of benzene rings is 2. The lowest BCUT2D eigenvalue weighted by Gasteiger charge is -2.32. The van der Waals surface area contributed by atoms with E-state index in [1.54, 1.807) is 36.4 Å². The second-order valence-corrected chi connectivity index (χ2v) is 7.73. The fourth-order valence-corrected chi connectivity index (χ4v) is 3.84. The molecule has 2 amide bonds. The van der Waals surface area contributed by atoms with Crippen LogP contribution in [-0.4, -0.2) is 36.7 Å². The van der Waals surface area contributed by atoms with Crippen molar-refractivity contribution >= 4 is 46.4 Å². The summed E-state index contributed by atoms with van der Waals surface area (Å²) in [6, 6.07) is 10.2. The van der Waals surface area contributed by atoms with Gasteiger partial charge in [-0.25, -0.2) is 0 Å². The summed E-state index contributed by atoms with van der Waals surface area (Å²) < 4.78 is 17.2. The zero-order valence-corrected chi connectivity index (χ0v) is 19.7. The van der Waals surface area contributed by atoms with E-state index in [0.29, 0.717) is 53.3 Å². The molecule has 2 aromatic rings. The van der Waals surface area contributed by atoms with E-state index < -0.39 is 17.7 Å². The van der Waals surface area contributed by atoms with Crippen molar-refractivity contribution < 1.29 is 23.8 Å². The molecule has 0 aromatic heterocycles. The lowest BCUT2D eigenvalue weighted by atomic mass is 9.94. The molecule has 1 aliphatic rings. The van der Waals surface area contributed by atoms with Crippen molar-refractivity contribution in [2.75, 3.05) is 24.7 Å². The van der Waals surface area contributed by atoms with E-state index in [-0.39, 0.29) is 11.5 Å². The highest BCUT2D eigenvalue weighted by Crippen LogP contribution is 2.37. The second-order valence-electron chi connectivity index (χ2n) is 6.91. The van der Waals surface area contributed by atoms with Crippen LogP contribution in [0.15, 0.2) is 36.4 Å². The van der Waals surface area contributed by atoms with E-state index in [2.05, 4.69) is 5.32 Å². The smallest absolute Gasteiger partial charge is 0.246 e. The molecule has 1 aliphatic heterocycles. The lowest BCUT2D eigenvalue weighted by molar-refractivity contribution is -0.133. The Morgan fingerprint density at radius 2 is 1.50 bits per heavy atom. The van der Waals surface area contributed by atoms with E-state index in [1.807, 2.05) is 20.8 Å². The summed E-state index contributed by atoms with van der Waals surface area (Å²) in [5.74, 6) is -0.267. The molecule has 32 heavy (non-hydrogen) atoms. The maximum absolute atomic E-state index is 13.3. The molecular weight excluding hydrogens is 452 g/mol. The molecular formula is C23H25ClN2O5S. The number of halogens is 1. The molecule has 170 valence electrons. The average Bonchev–Trinajstić information content (AvgIpc) is 2.75. The highest BCUT2D eigenvalue weighted by molar-refractivity contribution is 7.80. The molecule has 2 aromatic carbocycles. The largest absolute Gasteiger partial charge is 0.493 e. The Morgan fingerprint density at radius 1 is 0.938 bits per heavy atom. The Kier molecular flexibility index (Phi) is 7.93. The Bertz CT molecular complexity index is 1010. The number of carbonyl (C=O) groups excluding carboxylic acids is 2. The number of carbonyl (C=O) groups is 2. The first-order chi connectivity index (χ1) is 15.4. The first kappa shape index (κ1) is 23.8. The van der Waals surface area contributed by atoms with Crippen LogP contribution in [0.3, 0.4) is 0 Å². The molecule has 0 saturated carbocycles. The van der Waals surface area contributed by atoms with E-state index >= 15 is 0 Å². The van der Waals surface area contributed by atoms with Crippen LogP contribution in [0.1, 0.15) is 26.3 Å². The van der Waals surface area contributed by atoms with Gasteiger partial charge < -0.3 is 19.5 Å². The van der Waals surface area contributed by atoms with Gasteiger partial charge in [0.15, 0.2) is 16.6 Å². The molecule has 9 heteroatoms. The van der Waals surface area contributed by atoms with Crippen LogP contribution in [0.5, 0.6) is 17.2 Å². The third kappa shape index (κ3) is 5.14. The SMILES string of the molecule is CCOc1cc(OCC)c(OCC)cc1CC1C(=O)NC(=S)N(c2ccc(Cl)cc2)C1=O. The molecule has 0 aliphatic carbocycles. The summed E-state index contributed by atoms with van der Waals surface area (Å²) in [5.41, 5.74) is 1.19. The van der Waals surface area contributed by atoms with Gasteiger partial charge in [0.2, 0.25) is 11.8 Å². The van der Waals surface area contributed by atoms with Crippen LogP contribution in [0.4, 0.5) is 5.69 Å². The molecule has 3 rings (SSSR count). The van der Waals surface area contributed by atoms with Crippen molar-refractivity contribution in [3.05, 3.63) is 47.0 Å². The number of hydrogen-bond acceptors (Lipinski definition) is 6. The van der Waals surface area contributed by atoms with Crippen molar-refractivity contribution in [2.24, 2.45) is 5.92 Å². The molecule has 1 unspecified atom stereocenters. The van der Waals surface area contributed by atoms with Crippen molar-refractivity contribution in [1.29, 1.82) is 0 Å². The van der Waals surface area contributed by atoms with Gasteiger partial charge in [-0.2, -0.15) is 0 Å². The minimum atomic E-state index is -0.996. The Hall–Kier alpha value is -2.84. The second kappa shape index (κ2) is 10.7. The highest BCUT2D eigenvalue weighted by Gasteiger charge is 2.40. The Morgan fingerprint density at radius 3 is 2.09 bits per heavy atom. The summed E-state index contributed by atoms with van der Waals surface area (Å²) >= 11 is 11.2. The van der Waals surface area contributed by atoms with E-state index in [0.717, 1.165) is 0 Å². The lowest BCUT2D eigenvalue weighted by Crippen LogP contribution is -2.58. The van der Waals surface area contributed by atoms with Crippen LogP contribution in [-0.2, 0) is 16.0 Å². The molecule has 7 nitrogen and oxygen atoms in total. The summed E-state index contributed by atoms with van der Waals surface area (Å²) in [6.45, 7) is 6.92. The maximum atomic E-state index is 13.3. The Balaban J connectivity index is 1.97. The summed E-state index contributed by atoms with van der Waals surface area (Å²) in [4.78, 5) is 27.4. The fourth-order valence-electron chi connectivity index (χ4n) is 3.42. The van der Waals surface area contributed by atoms with Gasteiger partial charge in [-0.15, -0.1) is 0 Å². The quantitative estimate of drug-likeness (QED) is 0.433. The molecule has 0 spiro atoms. The average molecular weight is 477 g/mol. The van der Waals surface area contributed by atoms with Crippen LogP contribution in [0.25, 0.3) is 0 Å². The third-order valence-corrected chi connectivity index (χ3v) is 5.34. The highest BCUT2D eigenvalue weighted by atomic mass is 35.5. The number of rotatable bonds is 9. The molecule has 0 radical (unpaired) electrons. The predicted molar refractivity (Wildman–Crippen MR) is 127 cm³/mol. The molecule has 1 saturated heterocycles. The van der Waals surface area contributed by atoms with Gasteiger partial charge in [-0.1, -0.05) is 11.6 Å². The molecule has 1 atom stereocenters. The minimum absolute atomic E-state index is 0.0327. The topological polar surface area (TPSA) is 77.1 Å². The van der Waals surface area contributed by atoms with Gasteiger partial charge >= 0.3 is 0 Å². The van der Waals surface area contributed by atoms with E-state index in [9.17, 15) is 9.59 Å². The van der Waals surface area contributed by atoms with Crippen LogP contribution < -0.4 is 24.4 Å². The van der Waals surface area contributed by atoms with Crippen LogP contribution in [0, 0.1) is 5.92 Å². The summed E-state index contributed by atoms with van der Waals surface area (Å²) in [7, 11) is 0. The molecule has 0 bridgehead atoms. The zero-order chi connectivity index (χ0) is 23.3. The van der Waals surface area contributed by atoms with Gasteiger partial charge in [-0.3, -0.25) is 14.5 Å². The number of nitrogens with zero attached hydrogens (tertiary/aromatic N) is 1.